The van der Waals surface area contributed by atoms with Crippen molar-refractivity contribution < 1.29 is 4.79 Å². The molecule has 2 saturated heterocycles. The highest BCUT2D eigenvalue weighted by Crippen LogP contribution is 2.14. The van der Waals surface area contributed by atoms with E-state index < -0.39 is 0 Å². The van der Waals surface area contributed by atoms with E-state index in [-0.39, 0.29) is 0 Å². The Hall–Kier alpha value is -0.570. The predicted molar refractivity (Wildman–Crippen MR) is 46.8 cm³/mol. The molecule has 0 aromatic heterocycles. The van der Waals surface area contributed by atoms with E-state index in [2.05, 4.69) is 5.32 Å². The number of nitrogens with one attached hydrogen (secondary N) is 1. The van der Waals surface area contributed by atoms with Crippen LogP contribution in [0.15, 0.2) is 0 Å². The largest absolute Gasteiger partial charge is 0.343 e. The lowest BCUT2D eigenvalue weighted by Crippen LogP contribution is -2.43. The highest BCUT2D eigenvalue weighted by atomic mass is 16.2. The lowest BCUT2D eigenvalue weighted by molar-refractivity contribution is -0.127. The van der Waals surface area contributed by atoms with Gasteiger partial charge in [0.05, 0.1) is 0 Å². The van der Waals surface area contributed by atoms with E-state index >= 15 is 0 Å². The van der Waals surface area contributed by atoms with E-state index in [4.69, 9.17) is 0 Å². The second kappa shape index (κ2) is 3.44. The zero-order valence-electron chi connectivity index (χ0n) is 7.38. The molecule has 0 spiro atoms. The Balaban J connectivity index is 1.68. The number of rotatable bonds is 3. The monoisotopic (exact) mass is 168 g/mol. The van der Waals surface area contributed by atoms with E-state index in [0.717, 1.165) is 44.9 Å². The van der Waals surface area contributed by atoms with Crippen molar-refractivity contribution >= 4 is 5.91 Å². The second-order valence-electron chi connectivity index (χ2n) is 3.80. The maximum absolute atomic E-state index is 11.2. The van der Waals surface area contributed by atoms with Crippen LogP contribution in [0.5, 0.6) is 0 Å². The Bertz CT molecular complexity index is 177. The molecule has 2 rings (SSSR count). The van der Waals surface area contributed by atoms with Crippen LogP contribution in [-0.2, 0) is 4.79 Å². The van der Waals surface area contributed by atoms with E-state index in [1.54, 1.807) is 0 Å². The summed E-state index contributed by atoms with van der Waals surface area (Å²) >= 11 is 0. The third-order valence-electron chi connectivity index (χ3n) is 2.84. The predicted octanol–water partition coefficient (Wildman–Crippen LogP) is 0.218. The van der Waals surface area contributed by atoms with Gasteiger partial charge in [0, 0.05) is 19.5 Å². The normalized spacial score (nSPS) is 24.7. The fourth-order valence-corrected chi connectivity index (χ4v) is 1.83. The summed E-state index contributed by atoms with van der Waals surface area (Å²) in [6.07, 6.45) is 3.05. The fraction of sp³-hybridized carbons (Fsp3) is 0.889. The van der Waals surface area contributed by atoms with Crippen molar-refractivity contribution in [3.8, 4) is 0 Å². The Labute approximate surface area is 73.1 Å². The Kier molecular flexibility index (Phi) is 2.30. The van der Waals surface area contributed by atoms with Crippen LogP contribution in [0.3, 0.4) is 0 Å². The first-order chi connectivity index (χ1) is 5.86. The number of carbonyl (C=O) groups excluding carboxylic acids is 1. The number of hydrogen-bond donors (Lipinski definition) is 1. The van der Waals surface area contributed by atoms with Crippen molar-refractivity contribution in [2.45, 2.75) is 19.3 Å². The molecule has 1 N–H and O–H groups in total. The van der Waals surface area contributed by atoms with Crippen molar-refractivity contribution in [3.63, 3.8) is 0 Å². The van der Waals surface area contributed by atoms with Gasteiger partial charge in [-0.25, -0.2) is 0 Å². The number of hydrogen-bond acceptors (Lipinski definition) is 2. The number of likely N-dealkylation sites (tertiary alicyclic amines) is 1. The molecule has 0 atom stereocenters. The minimum Gasteiger partial charge on any atom is -0.343 e. The molecule has 0 unspecified atom stereocenters. The molecule has 2 fully saturated rings. The first kappa shape index (κ1) is 8.05. The van der Waals surface area contributed by atoms with Gasteiger partial charge in [-0.2, -0.15) is 0 Å². The van der Waals surface area contributed by atoms with Crippen LogP contribution in [0.1, 0.15) is 19.3 Å². The first-order valence-corrected chi connectivity index (χ1v) is 4.85. The standard InChI is InChI=1S/C9H16N2O/c12-9-2-1-4-11(9)5-3-8-6-10-7-8/h8,10H,1-7H2. The van der Waals surface area contributed by atoms with Gasteiger partial charge in [0.2, 0.25) is 5.91 Å². The summed E-state index contributed by atoms with van der Waals surface area (Å²) in [7, 11) is 0. The summed E-state index contributed by atoms with van der Waals surface area (Å²) in [6, 6.07) is 0. The second-order valence-corrected chi connectivity index (χ2v) is 3.80. The molecule has 0 aromatic carbocycles. The van der Waals surface area contributed by atoms with E-state index in [1.807, 2.05) is 4.90 Å². The third kappa shape index (κ3) is 1.61. The number of carbonyl (C=O) groups is 1. The van der Waals surface area contributed by atoms with Gasteiger partial charge in [-0.15, -0.1) is 0 Å². The van der Waals surface area contributed by atoms with Crippen molar-refractivity contribution in [3.05, 3.63) is 0 Å². The van der Waals surface area contributed by atoms with Gasteiger partial charge >= 0.3 is 0 Å². The van der Waals surface area contributed by atoms with Gasteiger partial charge in [-0.1, -0.05) is 0 Å². The molecule has 12 heavy (non-hydrogen) atoms. The van der Waals surface area contributed by atoms with Crippen LogP contribution < -0.4 is 5.32 Å². The third-order valence-corrected chi connectivity index (χ3v) is 2.84. The van der Waals surface area contributed by atoms with Crippen molar-refractivity contribution in [1.82, 2.24) is 10.2 Å². The molecule has 3 nitrogen and oxygen atoms in total. The molecule has 0 aliphatic carbocycles. The van der Waals surface area contributed by atoms with Crippen LogP contribution in [0.2, 0.25) is 0 Å². The van der Waals surface area contributed by atoms with E-state index in [1.165, 1.54) is 6.42 Å². The van der Waals surface area contributed by atoms with Crippen LogP contribution in [0.25, 0.3) is 0 Å². The lowest BCUT2D eigenvalue weighted by Gasteiger charge is -2.28. The SMILES string of the molecule is O=C1CCCN1CCC1CNC1. The van der Waals surface area contributed by atoms with E-state index in [0.29, 0.717) is 5.91 Å². The van der Waals surface area contributed by atoms with Gasteiger partial charge < -0.3 is 10.2 Å². The zero-order valence-corrected chi connectivity index (χ0v) is 7.38. The summed E-state index contributed by atoms with van der Waals surface area (Å²) in [5, 5.41) is 3.24. The number of amides is 1. The summed E-state index contributed by atoms with van der Waals surface area (Å²) < 4.78 is 0. The molecule has 3 heteroatoms. The minimum atomic E-state index is 0.363. The van der Waals surface area contributed by atoms with Crippen LogP contribution in [-0.4, -0.2) is 37.0 Å². The van der Waals surface area contributed by atoms with Crippen LogP contribution >= 0.6 is 0 Å². The van der Waals surface area contributed by atoms with Crippen molar-refractivity contribution in [1.29, 1.82) is 0 Å². The topological polar surface area (TPSA) is 32.3 Å². The van der Waals surface area contributed by atoms with Crippen LogP contribution in [0, 0.1) is 5.92 Å². The average molecular weight is 168 g/mol. The van der Waals surface area contributed by atoms with E-state index in [9.17, 15) is 4.79 Å². The molecular weight excluding hydrogens is 152 g/mol. The molecule has 2 heterocycles. The molecular formula is C9H16N2O. The van der Waals surface area contributed by atoms with Gasteiger partial charge in [-0.3, -0.25) is 4.79 Å². The quantitative estimate of drug-likeness (QED) is 0.653. The summed E-state index contributed by atoms with van der Waals surface area (Å²) in [4.78, 5) is 13.2. The molecule has 0 aromatic rings. The van der Waals surface area contributed by atoms with Gasteiger partial charge in [0.25, 0.3) is 0 Å². The van der Waals surface area contributed by atoms with Gasteiger partial charge in [0.15, 0.2) is 0 Å². The Morgan fingerprint density at radius 2 is 2.33 bits per heavy atom. The summed E-state index contributed by atoms with van der Waals surface area (Å²) in [6.45, 7) is 4.30. The number of nitrogens with zero attached hydrogens (tertiary/aromatic N) is 1. The smallest absolute Gasteiger partial charge is 0.222 e. The van der Waals surface area contributed by atoms with Gasteiger partial charge in [-0.05, 0) is 31.8 Å². The zero-order chi connectivity index (χ0) is 8.39. The Morgan fingerprint density at radius 1 is 1.50 bits per heavy atom. The van der Waals surface area contributed by atoms with Gasteiger partial charge in [0.1, 0.15) is 0 Å². The average Bonchev–Trinajstić information content (AvgIpc) is 2.33. The van der Waals surface area contributed by atoms with Crippen molar-refractivity contribution in [2.75, 3.05) is 26.2 Å². The molecule has 0 saturated carbocycles. The highest BCUT2D eigenvalue weighted by Gasteiger charge is 2.22. The fourth-order valence-electron chi connectivity index (χ4n) is 1.83. The molecule has 2 aliphatic rings. The molecule has 68 valence electrons. The lowest BCUT2D eigenvalue weighted by atomic mass is 9.99. The minimum absolute atomic E-state index is 0.363. The summed E-state index contributed by atoms with van der Waals surface area (Å²) in [5.41, 5.74) is 0. The highest BCUT2D eigenvalue weighted by molar-refractivity contribution is 5.77. The molecule has 0 bridgehead atoms. The summed E-state index contributed by atoms with van der Waals surface area (Å²) in [5.74, 6) is 1.20. The molecule has 0 radical (unpaired) electrons. The molecule has 1 amide bonds. The Morgan fingerprint density at radius 3 is 2.83 bits per heavy atom. The maximum atomic E-state index is 11.2. The first-order valence-electron chi connectivity index (χ1n) is 4.85. The van der Waals surface area contributed by atoms with Crippen LogP contribution in [0.4, 0.5) is 0 Å². The molecule has 2 aliphatic heterocycles. The maximum Gasteiger partial charge on any atom is 0.222 e. The van der Waals surface area contributed by atoms with Crippen molar-refractivity contribution in [2.24, 2.45) is 5.92 Å².